The van der Waals surface area contributed by atoms with Gasteiger partial charge in [0.2, 0.25) is 0 Å². The van der Waals surface area contributed by atoms with Crippen LogP contribution in [0, 0.1) is 23.7 Å². The molecule has 1 aliphatic rings. The van der Waals surface area contributed by atoms with Crippen molar-refractivity contribution in [1.82, 2.24) is 0 Å². The molecule has 0 saturated heterocycles. The summed E-state index contributed by atoms with van der Waals surface area (Å²) in [5.74, 6) is 4.03. The fraction of sp³-hybridized carbons (Fsp3) is 1.00. The lowest BCUT2D eigenvalue weighted by Crippen LogP contribution is -2.38. The first-order chi connectivity index (χ1) is 5.66. The zero-order valence-electron chi connectivity index (χ0n) is 9.14. The minimum atomic E-state index is 0.913. The van der Waals surface area contributed by atoms with E-state index in [0.29, 0.717) is 0 Å². The van der Waals surface area contributed by atoms with Crippen molar-refractivity contribution in [2.75, 3.05) is 0 Å². The van der Waals surface area contributed by atoms with Gasteiger partial charge in [0.15, 0.2) is 0 Å². The van der Waals surface area contributed by atoms with Gasteiger partial charge in [0.05, 0.1) is 0 Å². The summed E-state index contributed by atoms with van der Waals surface area (Å²) in [5.41, 5.74) is 0. The molecule has 72 valence electrons. The molecule has 0 aliphatic heterocycles. The van der Waals surface area contributed by atoms with Crippen molar-refractivity contribution < 1.29 is 0 Å². The number of rotatable bonds is 4. The maximum atomic E-state index is 2.42. The van der Waals surface area contributed by atoms with Crippen molar-refractivity contribution in [1.29, 1.82) is 0 Å². The highest BCUT2D eigenvalue weighted by molar-refractivity contribution is 4.88. The molecule has 0 N–H and O–H groups in total. The van der Waals surface area contributed by atoms with Crippen LogP contribution >= 0.6 is 0 Å². The van der Waals surface area contributed by atoms with Gasteiger partial charge >= 0.3 is 0 Å². The van der Waals surface area contributed by atoms with Gasteiger partial charge in [-0.15, -0.1) is 0 Å². The van der Waals surface area contributed by atoms with Crippen molar-refractivity contribution >= 4 is 0 Å². The van der Waals surface area contributed by atoms with Crippen molar-refractivity contribution in [2.24, 2.45) is 23.7 Å². The van der Waals surface area contributed by atoms with Gasteiger partial charge in [-0.2, -0.15) is 0 Å². The Hall–Kier alpha value is 0. The largest absolute Gasteiger partial charge is 0.0654 e. The van der Waals surface area contributed by atoms with Crippen LogP contribution in [-0.2, 0) is 0 Å². The Morgan fingerprint density at radius 1 is 1.33 bits per heavy atom. The predicted molar refractivity (Wildman–Crippen MR) is 55.1 cm³/mol. The van der Waals surface area contributed by atoms with Crippen LogP contribution in [0.1, 0.15) is 53.4 Å². The lowest BCUT2D eigenvalue weighted by Gasteiger charge is -2.46. The van der Waals surface area contributed by atoms with Gasteiger partial charge in [0.25, 0.3) is 0 Å². The molecule has 12 heavy (non-hydrogen) atoms. The van der Waals surface area contributed by atoms with E-state index in [-0.39, 0.29) is 0 Å². The highest BCUT2D eigenvalue weighted by Crippen LogP contribution is 2.46. The Morgan fingerprint density at radius 2 is 2.00 bits per heavy atom. The molecule has 0 spiro atoms. The van der Waals surface area contributed by atoms with Crippen LogP contribution in [0.3, 0.4) is 0 Å². The van der Waals surface area contributed by atoms with Gasteiger partial charge in [-0.3, -0.25) is 0 Å². The van der Waals surface area contributed by atoms with Crippen LogP contribution in [0.25, 0.3) is 0 Å². The maximum Gasteiger partial charge on any atom is -0.0337 e. The second kappa shape index (κ2) is 4.30. The van der Waals surface area contributed by atoms with Crippen LogP contribution in [0.15, 0.2) is 0 Å². The zero-order chi connectivity index (χ0) is 9.14. The van der Waals surface area contributed by atoms with E-state index < -0.39 is 0 Å². The average molecular weight is 168 g/mol. The van der Waals surface area contributed by atoms with E-state index in [1.807, 2.05) is 0 Å². The predicted octanol–water partition coefficient (Wildman–Crippen LogP) is 4.10. The molecule has 1 saturated carbocycles. The maximum absolute atomic E-state index is 2.42. The molecule has 3 atom stereocenters. The Bertz CT molecular complexity index is 121. The second-order valence-corrected chi connectivity index (χ2v) is 4.94. The average Bonchev–Trinajstić information content (AvgIpc) is 1.95. The molecule has 0 aromatic heterocycles. The van der Waals surface area contributed by atoms with Gasteiger partial charge in [-0.25, -0.2) is 0 Å². The summed E-state index contributed by atoms with van der Waals surface area (Å²) >= 11 is 0. The fourth-order valence-corrected chi connectivity index (χ4v) is 3.04. The highest BCUT2D eigenvalue weighted by atomic mass is 14.4. The van der Waals surface area contributed by atoms with Crippen LogP contribution < -0.4 is 0 Å². The molecule has 0 bridgehead atoms. The molecular formula is C12H24. The summed E-state index contributed by atoms with van der Waals surface area (Å²) in [6.45, 7) is 9.50. The first kappa shape index (κ1) is 10.1. The third-order valence-electron chi connectivity index (χ3n) is 3.57. The van der Waals surface area contributed by atoms with Gasteiger partial charge < -0.3 is 0 Å². The van der Waals surface area contributed by atoms with Gasteiger partial charge in [0, 0.05) is 0 Å². The summed E-state index contributed by atoms with van der Waals surface area (Å²) in [6.07, 6.45) is 5.81. The van der Waals surface area contributed by atoms with Crippen molar-refractivity contribution in [3.63, 3.8) is 0 Å². The lowest BCUT2D eigenvalue weighted by atomic mass is 9.59. The van der Waals surface area contributed by atoms with Crippen molar-refractivity contribution in [3.8, 4) is 0 Å². The monoisotopic (exact) mass is 168 g/mol. The Kier molecular flexibility index (Phi) is 3.61. The molecule has 1 rings (SSSR count). The third kappa shape index (κ3) is 2.02. The van der Waals surface area contributed by atoms with E-state index in [2.05, 4.69) is 27.7 Å². The molecule has 3 unspecified atom stereocenters. The van der Waals surface area contributed by atoms with Gasteiger partial charge in [-0.05, 0) is 30.1 Å². The highest BCUT2D eigenvalue weighted by Gasteiger charge is 2.38. The van der Waals surface area contributed by atoms with Gasteiger partial charge in [0.1, 0.15) is 0 Å². The normalized spacial score (nSPS) is 35.2. The summed E-state index contributed by atoms with van der Waals surface area (Å²) in [6, 6.07) is 0. The Labute approximate surface area is 77.7 Å². The molecule has 0 heteroatoms. The smallest absolute Gasteiger partial charge is 0.0337 e. The summed E-state index contributed by atoms with van der Waals surface area (Å²) < 4.78 is 0. The van der Waals surface area contributed by atoms with E-state index in [9.17, 15) is 0 Å². The van der Waals surface area contributed by atoms with E-state index in [0.717, 1.165) is 23.7 Å². The molecule has 0 nitrogen and oxygen atoms in total. The van der Waals surface area contributed by atoms with Crippen LogP contribution in [0.4, 0.5) is 0 Å². The molecule has 0 aromatic carbocycles. The van der Waals surface area contributed by atoms with E-state index in [4.69, 9.17) is 0 Å². The summed E-state index contributed by atoms with van der Waals surface area (Å²) in [7, 11) is 0. The molecule has 1 fully saturated rings. The van der Waals surface area contributed by atoms with Crippen molar-refractivity contribution in [3.05, 3.63) is 0 Å². The number of unbranched alkanes of at least 4 members (excludes halogenated alkanes) is 1. The van der Waals surface area contributed by atoms with E-state index >= 15 is 0 Å². The first-order valence-electron chi connectivity index (χ1n) is 5.66. The summed E-state index contributed by atoms with van der Waals surface area (Å²) in [5, 5.41) is 0. The number of hydrogen-bond acceptors (Lipinski definition) is 0. The molecule has 0 radical (unpaired) electrons. The zero-order valence-corrected chi connectivity index (χ0v) is 9.14. The van der Waals surface area contributed by atoms with Crippen LogP contribution in [0.2, 0.25) is 0 Å². The molecular weight excluding hydrogens is 144 g/mol. The molecule has 0 amide bonds. The topological polar surface area (TPSA) is 0 Å². The minimum Gasteiger partial charge on any atom is -0.0654 e. The van der Waals surface area contributed by atoms with Crippen LogP contribution in [0.5, 0.6) is 0 Å². The Morgan fingerprint density at radius 3 is 2.42 bits per heavy atom. The molecule has 0 aromatic rings. The molecule has 0 heterocycles. The van der Waals surface area contributed by atoms with Gasteiger partial charge in [-0.1, -0.05) is 47.0 Å². The first-order valence-corrected chi connectivity index (χ1v) is 5.66. The van der Waals surface area contributed by atoms with E-state index in [1.54, 1.807) is 0 Å². The van der Waals surface area contributed by atoms with Crippen molar-refractivity contribution in [2.45, 2.75) is 53.4 Å². The SMILES string of the molecule is CCCCC1CC(C)C1C(C)C. The molecule has 1 aliphatic carbocycles. The summed E-state index contributed by atoms with van der Waals surface area (Å²) in [4.78, 5) is 0. The quantitative estimate of drug-likeness (QED) is 0.592. The number of hydrogen-bond donors (Lipinski definition) is 0. The van der Waals surface area contributed by atoms with E-state index in [1.165, 1.54) is 25.7 Å². The fourth-order valence-electron chi connectivity index (χ4n) is 3.04. The second-order valence-electron chi connectivity index (χ2n) is 4.94. The minimum absolute atomic E-state index is 0.913. The third-order valence-corrected chi connectivity index (χ3v) is 3.57. The standard InChI is InChI=1S/C12H24/c1-5-6-7-11-8-10(4)12(11)9(2)3/h9-12H,5-8H2,1-4H3. The van der Waals surface area contributed by atoms with Crippen LogP contribution in [-0.4, -0.2) is 0 Å². The Balaban J connectivity index is 2.28. The lowest BCUT2D eigenvalue weighted by molar-refractivity contribution is 0.0356.